The monoisotopic (exact) mass is 1240 g/mol. The van der Waals surface area contributed by atoms with Crippen molar-refractivity contribution < 1.29 is 0 Å². The average molecular weight is 1240 g/mol. The zero-order chi connectivity index (χ0) is 64.8. The number of nitrogens with one attached hydrogen (secondary N) is 3. The molecule has 12 rings (SSSR count). The Labute approximate surface area is 550 Å². The van der Waals surface area contributed by atoms with Crippen LogP contribution in [-0.2, 0) is 0 Å². The summed E-state index contributed by atoms with van der Waals surface area (Å²) in [5, 5.41) is 9.99. The maximum atomic E-state index is 3.35. The SMILES string of the molecule is CN(C)CC1C2C=CC(C2)C1CN(C)C.CN(C)CC1C2C=CC(C2)C1N(C)C.CN(C)CCC1C2C=CC(C2)C1CCN(C)C.CN(C)CCC1C2C=CC(C2)C1CN(C)C.CNCC1C2C=CC(C2)C1CN(C)C.CNCC1C2C=CC(C2)C1CNC. The number of fused-ring (bicyclic) bond motifs is 12. The second-order valence-corrected chi connectivity index (χ2v) is 33.2. The molecule has 0 amide bonds. The van der Waals surface area contributed by atoms with Crippen molar-refractivity contribution in [3.05, 3.63) is 72.9 Å². The second-order valence-electron chi connectivity index (χ2n) is 33.2. The van der Waals surface area contributed by atoms with E-state index in [-0.39, 0.29) is 0 Å². The minimum atomic E-state index is 0.771. The van der Waals surface area contributed by atoms with Gasteiger partial charge >= 0.3 is 0 Å². The van der Waals surface area contributed by atoms with Gasteiger partial charge in [-0.25, -0.2) is 0 Å². The zero-order valence-electron chi connectivity index (χ0n) is 61.5. The lowest BCUT2D eigenvalue weighted by Gasteiger charge is -2.34. The van der Waals surface area contributed by atoms with Gasteiger partial charge in [0, 0.05) is 38.8 Å². The molecule has 0 spiro atoms. The molecule has 24 atom stereocenters. The van der Waals surface area contributed by atoms with Gasteiger partial charge in [0.15, 0.2) is 0 Å². The molecule has 89 heavy (non-hydrogen) atoms. The predicted molar refractivity (Wildman–Crippen MR) is 384 cm³/mol. The van der Waals surface area contributed by atoms with Crippen LogP contribution in [0.1, 0.15) is 57.8 Å². The largest absolute Gasteiger partial charge is 0.319 e. The van der Waals surface area contributed by atoms with Crippen LogP contribution >= 0.6 is 0 Å². The van der Waals surface area contributed by atoms with Crippen LogP contribution in [0.5, 0.6) is 0 Å². The van der Waals surface area contributed by atoms with Gasteiger partial charge in [-0.15, -0.1) is 0 Å². The van der Waals surface area contributed by atoms with Crippen LogP contribution in [0.25, 0.3) is 0 Å². The zero-order valence-corrected chi connectivity index (χ0v) is 61.5. The molecular formula is C77H142N12. The molecule has 12 aliphatic rings. The third-order valence-corrected chi connectivity index (χ3v) is 24.1. The molecule has 510 valence electrons. The van der Waals surface area contributed by atoms with Crippen molar-refractivity contribution in [3.63, 3.8) is 0 Å². The third kappa shape index (κ3) is 20.5. The molecule has 0 aromatic heterocycles. The van der Waals surface area contributed by atoms with Gasteiger partial charge in [-0.05, 0) is 381 Å². The van der Waals surface area contributed by atoms with Crippen LogP contribution in [0.3, 0.4) is 0 Å². The van der Waals surface area contributed by atoms with Crippen LogP contribution in [0.2, 0.25) is 0 Å². The molecule has 6 saturated carbocycles. The lowest BCUT2D eigenvalue weighted by Crippen LogP contribution is -2.42. The van der Waals surface area contributed by atoms with Gasteiger partial charge in [0.05, 0.1) is 0 Å². The molecule has 24 unspecified atom stereocenters. The van der Waals surface area contributed by atoms with E-state index in [1.165, 1.54) is 130 Å². The average Bonchev–Trinajstić information content (AvgIpc) is 2.24. The van der Waals surface area contributed by atoms with E-state index in [1.54, 1.807) is 0 Å². The van der Waals surface area contributed by atoms with Crippen molar-refractivity contribution in [2.24, 2.45) is 136 Å². The topological polar surface area (TPSA) is 65.3 Å². The van der Waals surface area contributed by atoms with Gasteiger partial charge in [-0.2, -0.15) is 0 Å². The van der Waals surface area contributed by atoms with Crippen molar-refractivity contribution in [2.75, 3.05) is 220 Å². The highest BCUT2D eigenvalue weighted by molar-refractivity contribution is 5.19. The summed E-state index contributed by atoms with van der Waals surface area (Å²) in [7, 11) is 45.7. The first kappa shape index (κ1) is 74.4. The standard InChI is InChI=1S/C15H28N2.C14H26N2.C13H24N2.2C12H22N2.C11H20N2/c1-16(2)9-7-14-12-5-6-13(11-12)15(14)8-10-17(3)4;1-15(2)8-7-13-11-5-6-12(9-11)14(13)10-16(3)4;1-14(2)8-12-10-5-6-11(7-10)13(12)9-15(3)4;1-13(2)8-11-9-5-6-10(7-9)12(11)14(3)4;1-13-7-11-9-4-5-10(6-9)12(11)8-14(2)3;1-12-6-10-8-3-4-9(5-8)11(10)7-13-2/h5-6,12-15H,7-11H2,1-4H3;5-6,11-14H,7-10H2,1-4H3;5-6,10-13H,7-9H2,1-4H3;5-6,9-12H,7-8H2,1-4H3;4-5,9-13H,6-8H2,1-3H3;3-4,8-13H,5-7H2,1-2H3. The number of nitrogens with zero attached hydrogens (tertiary/aromatic N) is 9. The molecule has 0 aromatic carbocycles. The molecule has 12 bridgehead atoms. The fourth-order valence-electron chi connectivity index (χ4n) is 20.4. The Morgan fingerprint density at radius 1 is 0.236 bits per heavy atom. The van der Waals surface area contributed by atoms with Gasteiger partial charge in [0.1, 0.15) is 0 Å². The summed E-state index contributed by atoms with van der Waals surface area (Å²) in [4.78, 5) is 21.1. The van der Waals surface area contributed by atoms with Crippen molar-refractivity contribution in [3.8, 4) is 0 Å². The Morgan fingerprint density at radius 2 is 0.427 bits per heavy atom. The maximum absolute atomic E-state index is 3.35. The highest BCUT2D eigenvalue weighted by Crippen LogP contribution is 2.53. The van der Waals surface area contributed by atoms with E-state index in [0.717, 1.165) is 142 Å². The normalized spacial score (nSPS) is 38.6. The fourth-order valence-corrected chi connectivity index (χ4v) is 20.4. The Morgan fingerprint density at radius 3 is 0.685 bits per heavy atom. The third-order valence-electron chi connectivity index (χ3n) is 24.1. The van der Waals surface area contributed by atoms with Gasteiger partial charge in [-0.3, -0.25) is 0 Å². The number of hydrogen-bond acceptors (Lipinski definition) is 12. The smallest absolute Gasteiger partial charge is 0.0198 e. The summed E-state index contributed by atoms with van der Waals surface area (Å²) in [6, 6.07) is 0.771. The number of hydrogen-bond donors (Lipinski definition) is 3. The molecule has 0 radical (unpaired) electrons. The highest BCUT2D eigenvalue weighted by Gasteiger charge is 2.49. The quantitative estimate of drug-likeness (QED) is 0.0725. The molecule has 0 aromatic rings. The predicted octanol–water partition coefficient (Wildman–Crippen LogP) is 9.18. The molecular weight excluding hydrogens is 1090 g/mol. The maximum Gasteiger partial charge on any atom is 0.0198 e. The van der Waals surface area contributed by atoms with Crippen molar-refractivity contribution in [1.29, 1.82) is 0 Å². The van der Waals surface area contributed by atoms with Gasteiger partial charge in [0.2, 0.25) is 0 Å². The first-order valence-corrected chi connectivity index (χ1v) is 36.3. The lowest BCUT2D eigenvalue weighted by molar-refractivity contribution is 0.163. The van der Waals surface area contributed by atoms with Gasteiger partial charge < -0.3 is 60.0 Å². The summed E-state index contributed by atoms with van der Waals surface area (Å²) >= 11 is 0. The van der Waals surface area contributed by atoms with Gasteiger partial charge in [0.25, 0.3) is 0 Å². The fraction of sp³-hybridized carbons (Fsp3) is 0.844. The molecule has 6 fully saturated rings. The number of allylic oxidation sites excluding steroid dienone is 11. The van der Waals surface area contributed by atoms with Crippen LogP contribution in [0.4, 0.5) is 0 Å². The number of rotatable bonds is 26. The minimum Gasteiger partial charge on any atom is -0.319 e. The van der Waals surface area contributed by atoms with Crippen LogP contribution in [0.15, 0.2) is 72.9 Å². The van der Waals surface area contributed by atoms with E-state index in [2.05, 4.69) is 281 Å². The van der Waals surface area contributed by atoms with Crippen LogP contribution in [-0.4, -0.2) is 270 Å². The Balaban J connectivity index is 0.000000152. The summed E-state index contributed by atoms with van der Waals surface area (Å²) in [6.45, 7) is 13.5. The first-order valence-electron chi connectivity index (χ1n) is 36.3. The molecule has 12 nitrogen and oxygen atoms in total. The Bertz CT molecular complexity index is 2140. The van der Waals surface area contributed by atoms with Gasteiger partial charge in [-0.1, -0.05) is 72.9 Å². The molecule has 12 aliphatic carbocycles. The van der Waals surface area contributed by atoms with Crippen molar-refractivity contribution in [1.82, 2.24) is 60.0 Å². The van der Waals surface area contributed by atoms with E-state index in [1.807, 2.05) is 0 Å². The van der Waals surface area contributed by atoms with Crippen molar-refractivity contribution >= 4 is 0 Å². The van der Waals surface area contributed by atoms with E-state index in [9.17, 15) is 0 Å². The van der Waals surface area contributed by atoms with E-state index < -0.39 is 0 Å². The second kappa shape index (κ2) is 35.6. The van der Waals surface area contributed by atoms with Crippen molar-refractivity contribution in [2.45, 2.75) is 63.8 Å². The minimum absolute atomic E-state index is 0.771. The molecule has 12 heteroatoms. The molecule has 3 N–H and O–H groups in total. The summed E-state index contributed by atoms with van der Waals surface area (Å²) in [5.41, 5.74) is 0. The molecule has 0 heterocycles. The molecule has 0 aliphatic heterocycles. The molecule has 0 saturated heterocycles. The van der Waals surface area contributed by atoms with E-state index in [4.69, 9.17) is 0 Å². The summed E-state index contributed by atoms with van der Waals surface area (Å²) < 4.78 is 0. The highest BCUT2D eigenvalue weighted by atomic mass is 15.1. The lowest BCUT2D eigenvalue weighted by atomic mass is 9.79. The van der Waals surface area contributed by atoms with E-state index in [0.29, 0.717) is 0 Å². The van der Waals surface area contributed by atoms with Crippen LogP contribution in [0, 0.1) is 136 Å². The van der Waals surface area contributed by atoms with E-state index >= 15 is 0 Å². The Kier molecular flexibility index (Phi) is 29.8. The summed E-state index contributed by atoms with van der Waals surface area (Å²) in [5.74, 6) is 20.2. The van der Waals surface area contributed by atoms with Crippen LogP contribution < -0.4 is 16.0 Å². The first-order chi connectivity index (χ1) is 42.4. The Hall–Kier alpha value is -2.04. The summed E-state index contributed by atoms with van der Waals surface area (Å²) in [6.07, 6.45) is 42.1.